The van der Waals surface area contributed by atoms with Gasteiger partial charge in [-0.25, -0.2) is 0 Å². The average molecular weight is 299 g/mol. The van der Waals surface area contributed by atoms with Gasteiger partial charge in [0.15, 0.2) is 0 Å². The third-order valence-electron chi connectivity index (χ3n) is 3.23. The minimum atomic E-state index is 0.654. The van der Waals surface area contributed by atoms with E-state index in [9.17, 15) is 0 Å². The standard InChI is InChI=1S/C17H15ClN2O/c1-19-11-14-15(18)5-2-6-17(14)21-13-8-7-12-4-3-9-20-16(12)10-13/h2-10,19H,11H2,1H3. The second-order valence-electron chi connectivity index (χ2n) is 4.71. The molecule has 1 aromatic heterocycles. The molecule has 2 aromatic carbocycles. The molecule has 0 aliphatic rings. The maximum Gasteiger partial charge on any atom is 0.133 e. The smallest absolute Gasteiger partial charge is 0.133 e. The zero-order chi connectivity index (χ0) is 14.7. The molecule has 0 aliphatic heterocycles. The van der Waals surface area contributed by atoms with Crippen molar-refractivity contribution in [2.24, 2.45) is 0 Å². The van der Waals surface area contributed by atoms with Crippen LogP contribution in [0.2, 0.25) is 5.02 Å². The quantitative estimate of drug-likeness (QED) is 0.775. The third kappa shape index (κ3) is 2.99. The predicted octanol–water partition coefficient (Wildman–Crippen LogP) is 4.40. The summed E-state index contributed by atoms with van der Waals surface area (Å²) in [6.45, 7) is 0.654. The molecule has 21 heavy (non-hydrogen) atoms. The fraction of sp³-hybridized carbons (Fsp3) is 0.118. The van der Waals surface area contributed by atoms with Gasteiger partial charge in [-0.1, -0.05) is 23.7 Å². The number of nitrogens with zero attached hydrogens (tertiary/aromatic N) is 1. The summed E-state index contributed by atoms with van der Waals surface area (Å²) < 4.78 is 5.99. The molecule has 0 saturated carbocycles. The van der Waals surface area contributed by atoms with E-state index in [1.807, 2.05) is 55.6 Å². The Labute approximate surface area is 128 Å². The molecule has 106 valence electrons. The molecule has 0 spiro atoms. The van der Waals surface area contributed by atoms with Gasteiger partial charge in [0.25, 0.3) is 0 Å². The van der Waals surface area contributed by atoms with Gasteiger partial charge in [-0.3, -0.25) is 4.98 Å². The van der Waals surface area contributed by atoms with Crippen LogP contribution in [0.15, 0.2) is 54.7 Å². The monoisotopic (exact) mass is 298 g/mol. The van der Waals surface area contributed by atoms with Crippen molar-refractivity contribution in [1.29, 1.82) is 0 Å². The highest BCUT2D eigenvalue weighted by Gasteiger charge is 2.09. The van der Waals surface area contributed by atoms with Gasteiger partial charge < -0.3 is 10.1 Å². The number of ether oxygens (including phenoxy) is 1. The zero-order valence-corrected chi connectivity index (χ0v) is 12.4. The van der Waals surface area contributed by atoms with Gasteiger partial charge >= 0.3 is 0 Å². The maximum absolute atomic E-state index is 6.24. The first-order valence-electron chi connectivity index (χ1n) is 6.72. The van der Waals surface area contributed by atoms with E-state index in [4.69, 9.17) is 16.3 Å². The van der Waals surface area contributed by atoms with Gasteiger partial charge in [0.1, 0.15) is 11.5 Å². The van der Waals surface area contributed by atoms with Crippen LogP contribution in [0.5, 0.6) is 11.5 Å². The number of hydrogen-bond donors (Lipinski definition) is 1. The molecule has 1 heterocycles. The Morgan fingerprint density at radius 1 is 1.14 bits per heavy atom. The van der Waals surface area contributed by atoms with E-state index in [0.29, 0.717) is 11.6 Å². The molecule has 0 amide bonds. The van der Waals surface area contributed by atoms with Crippen LogP contribution in [0.3, 0.4) is 0 Å². The summed E-state index contributed by atoms with van der Waals surface area (Å²) in [4.78, 5) is 4.34. The molecule has 0 unspecified atom stereocenters. The Bertz CT molecular complexity index is 774. The lowest BCUT2D eigenvalue weighted by Gasteiger charge is -2.12. The van der Waals surface area contributed by atoms with E-state index in [2.05, 4.69) is 10.3 Å². The van der Waals surface area contributed by atoms with Gasteiger partial charge in [-0.05, 0) is 37.4 Å². The van der Waals surface area contributed by atoms with Crippen LogP contribution in [0.25, 0.3) is 10.9 Å². The fourth-order valence-electron chi connectivity index (χ4n) is 2.22. The molecule has 0 saturated heterocycles. The van der Waals surface area contributed by atoms with Gasteiger partial charge in [-0.2, -0.15) is 0 Å². The van der Waals surface area contributed by atoms with Gasteiger partial charge in [-0.15, -0.1) is 0 Å². The van der Waals surface area contributed by atoms with Crippen LogP contribution in [0.4, 0.5) is 0 Å². The topological polar surface area (TPSA) is 34.1 Å². The van der Waals surface area contributed by atoms with E-state index < -0.39 is 0 Å². The van der Waals surface area contributed by atoms with Crippen LogP contribution in [0.1, 0.15) is 5.56 Å². The Morgan fingerprint density at radius 2 is 2.05 bits per heavy atom. The summed E-state index contributed by atoms with van der Waals surface area (Å²) in [6, 6.07) is 15.5. The minimum absolute atomic E-state index is 0.654. The Morgan fingerprint density at radius 3 is 2.90 bits per heavy atom. The van der Waals surface area contributed by atoms with Gasteiger partial charge in [0.05, 0.1) is 5.52 Å². The molecule has 0 radical (unpaired) electrons. The highest BCUT2D eigenvalue weighted by Crippen LogP contribution is 2.31. The number of aromatic nitrogens is 1. The number of pyridine rings is 1. The largest absolute Gasteiger partial charge is 0.457 e. The van der Waals surface area contributed by atoms with E-state index >= 15 is 0 Å². The Kier molecular flexibility index (Phi) is 4.04. The average Bonchev–Trinajstić information content (AvgIpc) is 2.51. The number of hydrogen-bond acceptors (Lipinski definition) is 3. The highest BCUT2D eigenvalue weighted by molar-refractivity contribution is 6.31. The van der Waals surface area contributed by atoms with Crippen molar-refractivity contribution in [2.75, 3.05) is 7.05 Å². The highest BCUT2D eigenvalue weighted by atomic mass is 35.5. The number of halogens is 1. The first kappa shape index (κ1) is 13.9. The van der Waals surface area contributed by atoms with Crippen LogP contribution in [-0.4, -0.2) is 12.0 Å². The molecule has 3 aromatic rings. The lowest BCUT2D eigenvalue weighted by molar-refractivity contribution is 0.475. The van der Waals surface area contributed by atoms with E-state index in [-0.39, 0.29) is 0 Å². The normalized spacial score (nSPS) is 10.8. The SMILES string of the molecule is CNCc1c(Cl)cccc1Oc1ccc2cccnc2c1. The van der Waals surface area contributed by atoms with Crippen LogP contribution in [0, 0.1) is 0 Å². The molecule has 0 bridgehead atoms. The summed E-state index contributed by atoms with van der Waals surface area (Å²) >= 11 is 6.24. The molecule has 0 atom stereocenters. The lowest BCUT2D eigenvalue weighted by atomic mass is 10.2. The molecule has 4 heteroatoms. The van der Waals surface area contributed by atoms with Gasteiger partial charge in [0, 0.05) is 34.8 Å². The van der Waals surface area contributed by atoms with Crippen molar-refractivity contribution >= 4 is 22.5 Å². The predicted molar refractivity (Wildman–Crippen MR) is 86.0 cm³/mol. The fourth-order valence-corrected chi connectivity index (χ4v) is 2.45. The molecule has 3 rings (SSSR count). The number of fused-ring (bicyclic) bond motifs is 1. The number of benzene rings is 2. The van der Waals surface area contributed by atoms with Crippen molar-refractivity contribution < 1.29 is 4.74 Å². The molecule has 1 N–H and O–H groups in total. The van der Waals surface area contributed by atoms with Crippen molar-refractivity contribution in [1.82, 2.24) is 10.3 Å². The number of rotatable bonds is 4. The summed E-state index contributed by atoms with van der Waals surface area (Å²) in [6.07, 6.45) is 1.78. The molecule has 0 aliphatic carbocycles. The molecule has 0 fully saturated rings. The first-order valence-corrected chi connectivity index (χ1v) is 7.10. The number of nitrogens with one attached hydrogen (secondary N) is 1. The molecular formula is C17H15ClN2O. The second-order valence-corrected chi connectivity index (χ2v) is 5.11. The first-order chi connectivity index (χ1) is 10.3. The zero-order valence-electron chi connectivity index (χ0n) is 11.6. The second kappa shape index (κ2) is 6.12. The molecular weight excluding hydrogens is 284 g/mol. The van der Waals surface area contributed by atoms with E-state index in [1.54, 1.807) is 6.20 Å². The summed E-state index contributed by atoms with van der Waals surface area (Å²) in [7, 11) is 1.88. The van der Waals surface area contributed by atoms with Crippen LogP contribution in [-0.2, 0) is 6.54 Å². The summed E-state index contributed by atoms with van der Waals surface area (Å²) in [5, 5.41) is 4.89. The van der Waals surface area contributed by atoms with Crippen molar-refractivity contribution in [3.05, 3.63) is 65.3 Å². The Hall–Kier alpha value is -2.10. The third-order valence-corrected chi connectivity index (χ3v) is 3.59. The summed E-state index contributed by atoms with van der Waals surface area (Å²) in [5.74, 6) is 1.51. The maximum atomic E-state index is 6.24. The van der Waals surface area contributed by atoms with Crippen molar-refractivity contribution in [3.8, 4) is 11.5 Å². The molecule has 3 nitrogen and oxygen atoms in total. The van der Waals surface area contributed by atoms with Crippen molar-refractivity contribution in [2.45, 2.75) is 6.54 Å². The van der Waals surface area contributed by atoms with Crippen molar-refractivity contribution in [3.63, 3.8) is 0 Å². The van der Waals surface area contributed by atoms with E-state index in [0.717, 1.165) is 28.0 Å². The van der Waals surface area contributed by atoms with Crippen LogP contribution < -0.4 is 10.1 Å². The summed E-state index contributed by atoms with van der Waals surface area (Å²) in [5.41, 5.74) is 1.86. The van der Waals surface area contributed by atoms with Crippen LogP contribution >= 0.6 is 11.6 Å². The minimum Gasteiger partial charge on any atom is -0.457 e. The lowest BCUT2D eigenvalue weighted by Crippen LogP contribution is -2.07. The van der Waals surface area contributed by atoms with E-state index in [1.165, 1.54) is 0 Å². The Balaban J connectivity index is 1.96. The van der Waals surface area contributed by atoms with Gasteiger partial charge in [0.2, 0.25) is 0 Å².